The Morgan fingerprint density at radius 2 is 2.11 bits per heavy atom. The van der Waals surface area contributed by atoms with Gasteiger partial charge in [0.25, 0.3) is 0 Å². The average Bonchev–Trinajstić information content (AvgIpc) is 3.05. The van der Waals surface area contributed by atoms with Crippen molar-refractivity contribution in [2.24, 2.45) is 0 Å². The number of aryl methyl sites for hydroxylation is 1. The maximum Gasteiger partial charge on any atom is 0.230 e. The molecule has 2 N–H and O–H groups in total. The molecule has 0 bridgehead atoms. The number of amides is 1. The van der Waals surface area contributed by atoms with Gasteiger partial charge in [-0.2, -0.15) is 0 Å². The highest BCUT2D eigenvalue weighted by molar-refractivity contribution is 8.00. The number of fused-ring (bicyclic) bond motifs is 3. The third-order valence-corrected chi connectivity index (χ3v) is 5.60. The van der Waals surface area contributed by atoms with Gasteiger partial charge in [-0.05, 0) is 36.8 Å². The lowest BCUT2D eigenvalue weighted by molar-refractivity contribution is -0.118. The fraction of sp³-hybridized carbons (Fsp3) is 0.150. The minimum absolute atomic E-state index is 0.0403. The molecule has 142 valence electrons. The second-order valence-electron chi connectivity index (χ2n) is 6.39. The van der Waals surface area contributed by atoms with Crippen LogP contribution >= 0.6 is 23.4 Å². The van der Waals surface area contributed by atoms with Gasteiger partial charge in [-0.25, -0.2) is 14.4 Å². The van der Waals surface area contributed by atoms with Crippen molar-refractivity contribution in [1.82, 2.24) is 20.3 Å². The average molecular weight is 415 g/mol. The van der Waals surface area contributed by atoms with Crippen LogP contribution in [0.4, 0.5) is 4.39 Å². The van der Waals surface area contributed by atoms with Gasteiger partial charge in [0, 0.05) is 17.4 Å². The molecule has 0 spiro atoms. The van der Waals surface area contributed by atoms with Gasteiger partial charge in [0.2, 0.25) is 5.91 Å². The first-order chi connectivity index (χ1) is 13.5. The molecule has 0 atom stereocenters. The van der Waals surface area contributed by atoms with E-state index in [1.54, 1.807) is 6.07 Å². The molecule has 5 nitrogen and oxygen atoms in total. The largest absolute Gasteiger partial charge is 0.351 e. The third-order valence-electron chi connectivity index (χ3n) is 4.32. The molecule has 0 aliphatic heterocycles. The van der Waals surface area contributed by atoms with Crippen LogP contribution in [-0.2, 0) is 11.3 Å². The Labute approximate surface area is 169 Å². The van der Waals surface area contributed by atoms with E-state index >= 15 is 0 Å². The molecule has 0 saturated heterocycles. The molecule has 0 aliphatic rings. The molecule has 2 aromatic heterocycles. The summed E-state index contributed by atoms with van der Waals surface area (Å²) in [7, 11) is 0. The maximum absolute atomic E-state index is 13.2. The van der Waals surface area contributed by atoms with E-state index in [-0.39, 0.29) is 23.2 Å². The number of nitrogens with one attached hydrogen (secondary N) is 2. The van der Waals surface area contributed by atoms with Gasteiger partial charge in [0.1, 0.15) is 22.7 Å². The smallest absolute Gasteiger partial charge is 0.230 e. The predicted octanol–water partition coefficient (Wildman–Crippen LogP) is 4.62. The van der Waals surface area contributed by atoms with E-state index in [2.05, 4.69) is 26.3 Å². The maximum atomic E-state index is 13.2. The van der Waals surface area contributed by atoms with Crippen LogP contribution in [0.2, 0.25) is 5.02 Å². The number of rotatable bonds is 5. The van der Waals surface area contributed by atoms with Crippen LogP contribution in [0.1, 0.15) is 11.1 Å². The Kier molecular flexibility index (Phi) is 5.19. The van der Waals surface area contributed by atoms with Crippen molar-refractivity contribution in [2.75, 3.05) is 5.75 Å². The number of hydrogen-bond donors (Lipinski definition) is 2. The standard InChI is InChI=1S/C20H16ClFN4OS/c1-11-2-5-16-13(6-11)18-19(26-16)20(25-10-24-18)28-9-17(27)23-8-12-3-4-15(22)14(21)7-12/h2-7,10,26H,8-9H2,1H3,(H,23,27). The molecule has 8 heteroatoms. The van der Waals surface area contributed by atoms with E-state index in [0.29, 0.717) is 0 Å². The number of carbonyl (C=O) groups excluding carboxylic acids is 1. The summed E-state index contributed by atoms with van der Waals surface area (Å²) >= 11 is 7.10. The molecule has 1 amide bonds. The Hall–Kier alpha value is -2.64. The van der Waals surface area contributed by atoms with Crippen molar-refractivity contribution in [3.05, 3.63) is 64.7 Å². The zero-order valence-electron chi connectivity index (χ0n) is 14.9. The van der Waals surface area contributed by atoms with Crippen molar-refractivity contribution in [3.8, 4) is 0 Å². The van der Waals surface area contributed by atoms with E-state index in [4.69, 9.17) is 11.6 Å². The monoisotopic (exact) mass is 414 g/mol. The van der Waals surface area contributed by atoms with Gasteiger partial charge in [-0.15, -0.1) is 0 Å². The van der Waals surface area contributed by atoms with Gasteiger partial charge < -0.3 is 10.3 Å². The van der Waals surface area contributed by atoms with Crippen LogP contribution in [0.5, 0.6) is 0 Å². The number of H-pyrrole nitrogens is 1. The third kappa shape index (κ3) is 3.81. The van der Waals surface area contributed by atoms with Crippen LogP contribution < -0.4 is 5.32 Å². The molecule has 0 radical (unpaired) electrons. The topological polar surface area (TPSA) is 70.7 Å². The van der Waals surface area contributed by atoms with Crippen LogP contribution in [0.15, 0.2) is 47.8 Å². The predicted molar refractivity (Wildman–Crippen MR) is 110 cm³/mol. The summed E-state index contributed by atoms with van der Waals surface area (Å²) in [5.74, 6) is -0.423. The fourth-order valence-electron chi connectivity index (χ4n) is 2.93. The molecular formula is C20H16ClFN4OS. The van der Waals surface area contributed by atoms with Gasteiger partial charge >= 0.3 is 0 Å². The molecule has 4 aromatic rings. The van der Waals surface area contributed by atoms with Crippen molar-refractivity contribution in [2.45, 2.75) is 18.5 Å². The molecule has 4 rings (SSSR count). The summed E-state index contributed by atoms with van der Waals surface area (Å²) in [6.07, 6.45) is 1.51. The lowest BCUT2D eigenvalue weighted by Crippen LogP contribution is -2.24. The van der Waals surface area contributed by atoms with Crippen molar-refractivity contribution < 1.29 is 9.18 Å². The highest BCUT2D eigenvalue weighted by Crippen LogP contribution is 2.30. The number of aromatic amines is 1. The summed E-state index contributed by atoms with van der Waals surface area (Å²) in [4.78, 5) is 24.2. The summed E-state index contributed by atoms with van der Waals surface area (Å²) < 4.78 is 13.2. The van der Waals surface area contributed by atoms with Crippen LogP contribution in [-0.4, -0.2) is 26.6 Å². The first-order valence-corrected chi connectivity index (χ1v) is 9.94. The van der Waals surface area contributed by atoms with Crippen LogP contribution in [0.25, 0.3) is 21.9 Å². The Morgan fingerprint density at radius 3 is 2.93 bits per heavy atom. The lowest BCUT2D eigenvalue weighted by Gasteiger charge is -2.06. The van der Waals surface area contributed by atoms with Crippen molar-refractivity contribution >= 4 is 51.2 Å². The fourth-order valence-corrected chi connectivity index (χ4v) is 3.92. The molecule has 28 heavy (non-hydrogen) atoms. The number of nitrogens with zero attached hydrogens (tertiary/aromatic N) is 2. The highest BCUT2D eigenvalue weighted by atomic mass is 35.5. The second kappa shape index (κ2) is 7.77. The molecule has 0 saturated carbocycles. The summed E-state index contributed by atoms with van der Waals surface area (Å²) in [5, 5.41) is 4.60. The van der Waals surface area contributed by atoms with E-state index in [1.807, 2.05) is 19.1 Å². The first kappa shape index (κ1) is 18.7. The van der Waals surface area contributed by atoms with E-state index in [9.17, 15) is 9.18 Å². The van der Waals surface area contributed by atoms with E-state index < -0.39 is 5.82 Å². The zero-order chi connectivity index (χ0) is 19.7. The number of halogens is 2. The van der Waals surface area contributed by atoms with E-state index in [1.165, 1.54) is 30.2 Å². The quantitative estimate of drug-likeness (QED) is 0.369. The minimum atomic E-state index is -0.478. The SMILES string of the molecule is Cc1ccc2[nH]c3c(SCC(=O)NCc4ccc(F)c(Cl)c4)ncnc3c2c1. The highest BCUT2D eigenvalue weighted by Gasteiger charge is 2.13. The van der Waals surface area contributed by atoms with Gasteiger partial charge in [0.05, 0.1) is 16.3 Å². The first-order valence-electron chi connectivity index (χ1n) is 8.58. The number of thioether (sulfide) groups is 1. The number of hydrogen-bond acceptors (Lipinski definition) is 4. The number of benzene rings is 2. The van der Waals surface area contributed by atoms with Gasteiger partial charge in [-0.3, -0.25) is 4.79 Å². The molecule has 0 unspecified atom stereocenters. The Balaban J connectivity index is 1.45. The lowest BCUT2D eigenvalue weighted by atomic mass is 10.2. The Bertz CT molecular complexity index is 1190. The second-order valence-corrected chi connectivity index (χ2v) is 7.76. The molecule has 2 aromatic carbocycles. The van der Waals surface area contributed by atoms with E-state index in [0.717, 1.165) is 38.1 Å². The van der Waals surface area contributed by atoms with Crippen LogP contribution in [0.3, 0.4) is 0 Å². The molecule has 0 aliphatic carbocycles. The van der Waals surface area contributed by atoms with Gasteiger partial charge in [-0.1, -0.05) is 41.1 Å². The van der Waals surface area contributed by atoms with Crippen molar-refractivity contribution in [3.63, 3.8) is 0 Å². The normalized spacial score (nSPS) is 11.2. The Morgan fingerprint density at radius 1 is 1.25 bits per heavy atom. The zero-order valence-corrected chi connectivity index (χ0v) is 16.5. The minimum Gasteiger partial charge on any atom is -0.351 e. The molecule has 0 fully saturated rings. The molecule has 2 heterocycles. The van der Waals surface area contributed by atoms with Crippen molar-refractivity contribution in [1.29, 1.82) is 0 Å². The summed E-state index contributed by atoms with van der Waals surface area (Å²) in [5.41, 5.74) is 4.55. The van der Waals surface area contributed by atoms with Gasteiger partial charge in [0.15, 0.2) is 0 Å². The molecular weight excluding hydrogens is 399 g/mol. The summed E-state index contributed by atoms with van der Waals surface area (Å²) in [6, 6.07) is 10.5. The number of aromatic nitrogens is 3. The summed E-state index contributed by atoms with van der Waals surface area (Å²) in [6.45, 7) is 2.32. The van der Waals surface area contributed by atoms with Crippen LogP contribution in [0, 0.1) is 12.7 Å². The number of carbonyl (C=O) groups is 1.